The molecule has 13 heteroatoms. The van der Waals surface area contributed by atoms with Crippen LogP contribution in [0.2, 0.25) is 0 Å². The van der Waals surface area contributed by atoms with Gasteiger partial charge in [-0.1, -0.05) is 6.92 Å². The predicted octanol–water partition coefficient (Wildman–Crippen LogP) is 2.32. The molecular weight excluding hydrogens is 438 g/mol. The zero-order valence-electron chi connectivity index (χ0n) is 19.1. The summed E-state index contributed by atoms with van der Waals surface area (Å²) in [6, 6.07) is 0.271. The number of pyridine rings is 1. The van der Waals surface area contributed by atoms with Crippen LogP contribution in [0.3, 0.4) is 0 Å². The summed E-state index contributed by atoms with van der Waals surface area (Å²) >= 11 is 0. The van der Waals surface area contributed by atoms with Crippen molar-refractivity contribution in [2.45, 2.75) is 45.4 Å². The fourth-order valence-corrected chi connectivity index (χ4v) is 3.62. The highest BCUT2D eigenvalue weighted by Crippen LogP contribution is 2.32. The minimum atomic E-state index is -1.68. The summed E-state index contributed by atoms with van der Waals surface area (Å²) in [4.78, 5) is 53.2. The first kappa shape index (κ1) is 25.5. The molecule has 0 aromatic carbocycles. The molecule has 4 amide bonds. The number of piperidine rings is 1. The van der Waals surface area contributed by atoms with Gasteiger partial charge in [0, 0.05) is 19.3 Å². The van der Waals surface area contributed by atoms with E-state index in [1.807, 2.05) is 6.92 Å². The Hall–Kier alpha value is -3.77. The largest absolute Gasteiger partial charge is 0.464 e. The lowest BCUT2D eigenvalue weighted by Gasteiger charge is -2.44. The van der Waals surface area contributed by atoms with E-state index in [0.717, 1.165) is 6.20 Å². The number of ether oxygens (including phenoxy) is 2. The summed E-state index contributed by atoms with van der Waals surface area (Å²) in [6.45, 7) is 7.38. The number of methoxy groups -OCH3 is 1. The van der Waals surface area contributed by atoms with E-state index in [2.05, 4.69) is 15.6 Å². The number of amides is 4. The van der Waals surface area contributed by atoms with Gasteiger partial charge in [0.25, 0.3) is 0 Å². The number of alkyl carbamates (subject to hydrolysis) is 2. The number of carboxylic acid groups (broad SMARTS) is 2. The molecule has 13 nitrogen and oxygen atoms in total. The molecule has 4 N–H and O–H groups in total. The Balaban J connectivity index is 2.40. The SMILES string of the molecule is COC(=O)N[C@H]1[C@@H](C)CN(c2ccncc2N(C(=O)O)C(=O)O)C[C@H]1NC(=O)OC(C)(C)C. The molecule has 0 unspecified atom stereocenters. The summed E-state index contributed by atoms with van der Waals surface area (Å²) < 4.78 is 10.0. The van der Waals surface area contributed by atoms with E-state index in [4.69, 9.17) is 9.47 Å². The van der Waals surface area contributed by atoms with Gasteiger partial charge in [-0.05, 0) is 32.8 Å². The van der Waals surface area contributed by atoms with Crippen LogP contribution in [0.15, 0.2) is 18.5 Å². The Bertz CT molecular complexity index is 889. The first-order valence-corrected chi connectivity index (χ1v) is 10.1. The molecule has 1 aliphatic rings. The lowest BCUT2D eigenvalue weighted by atomic mass is 9.89. The van der Waals surface area contributed by atoms with E-state index in [9.17, 15) is 29.4 Å². The Morgan fingerprint density at radius 2 is 1.76 bits per heavy atom. The first-order chi connectivity index (χ1) is 15.3. The van der Waals surface area contributed by atoms with Gasteiger partial charge in [0.05, 0.1) is 31.1 Å². The molecule has 2 rings (SSSR count). The van der Waals surface area contributed by atoms with Gasteiger partial charge in [0.15, 0.2) is 0 Å². The Morgan fingerprint density at radius 1 is 1.12 bits per heavy atom. The topological polar surface area (TPSA) is 171 Å². The maximum atomic E-state index is 12.5. The van der Waals surface area contributed by atoms with Crippen LogP contribution in [0.25, 0.3) is 0 Å². The number of aromatic nitrogens is 1. The van der Waals surface area contributed by atoms with Gasteiger partial charge in [-0.3, -0.25) is 4.98 Å². The third-order valence-corrected chi connectivity index (χ3v) is 4.89. The highest BCUT2D eigenvalue weighted by atomic mass is 16.6. The van der Waals surface area contributed by atoms with Crippen molar-refractivity contribution in [3.05, 3.63) is 18.5 Å². The van der Waals surface area contributed by atoms with Crippen molar-refractivity contribution in [1.82, 2.24) is 15.6 Å². The van der Waals surface area contributed by atoms with Crippen molar-refractivity contribution in [1.29, 1.82) is 0 Å². The zero-order valence-corrected chi connectivity index (χ0v) is 19.1. The number of anilines is 2. The highest BCUT2D eigenvalue weighted by Gasteiger charge is 2.39. The molecule has 0 aliphatic carbocycles. The van der Waals surface area contributed by atoms with E-state index in [1.165, 1.54) is 19.4 Å². The first-order valence-electron chi connectivity index (χ1n) is 10.1. The quantitative estimate of drug-likeness (QED) is 0.515. The van der Waals surface area contributed by atoms with Crippen LogP contribution in [-0.4, -0.2) is 77.5 Å². The van der Waals surface area contributed by atoms with Crippen molar-refractivity contribution in [2.75, 3.05) is 30.0 Å². The van der Waals surface area contributed by atoms with Gasteiger partial charge in [0.1, 0.15) is 11.3 Å². The van der Waals surface area contributed by atoms with E-state index in [-0.39, 0.29) is 28.7 Å². The minimum Gasteiger partial charge on any atom is -0.464 e. The number of carbonyl (C=O) groups excluding carboxylic acids is 2. The molecule has 0 spiro atoms. The highest BCUT2D eigenvalue weighted by molar-refractivity contribution is 6.10. The summed E-state index contributed by atoms with van der Waals surface area (Å²) in [6.07, 6.45) is -2.21. The lowest BCUT2D eigenvalue weighted by molar-refractivity contribution is 0.0476. The Labute approximate surface area is 190 Å². The van der Waals surface area contributed by atoms with Crippen LogP contribution in [0.1, 0.15) is 27.7 Å². The molecular formula is C20H29N5O8. The van der Waals surface area contributed by atoms with Gasteiger partial charge in [0.2, 0.25) is 0 Å². The molecule has 33 heavy (non-hydrogen) atoms. The molecule has 3 atom stereocenters. The van der Waals surface area contributed by atoms with E-state index < -0.39 is 42.1 Å². The number of imide groups is 1. The lowest BCUT2D eigenvalue weighted by Crippen LogP contribution is -2.64. The van der Waals surface area contributed by atoms with Crippen LogP contribution in [-0.2, 0) is 9.47 Å². The second kappa shape index (κ2) is 10.2. The average Bonchev–Trinajstić information content (AvgIpc) is 2.68. The summed E-state index contributed by atoms with van der Waals surface area (Å²) in [7, 11) is 1.22. The molecule has 182 valence electrons. The Morgan fingerprint density at radius 3 is 2.30 bits per heavy atom. The van der Waals surface area contributed by atoms with Crippen LogP contribution >= 0.6 is 0 Å². The van der Waals surface area contributed by atoms with Crippen molar-refractivity contribution in [2.24, 2.45) is 5.92 Å². The molecule has 1 saturated heterocycles. The summed E-state index contributed by atoms with van der Waals surface area (Å²) in [5, 5.41) is 24.2. The van der Waals surface area contributed by atoms with E-state index in [1.54, 1.807) is 25.7 Å². The predicted molar refractivity (Wildman–Crippen MR) is 117 cm³/mol. The van der Waals surface area contributed by atoms with E-state index >= 15 is 0 Å². The van der Waals surface area contributed by atoms with Crippen LogP contribution in [0, 0.1) is 5.92 Å². The van der Waals surface area contributed by atoms with Crippen LogP contribution in [0.5, 0.6) is 0 Å². The van der Waals surface area contributed by atoms with Crippen LogP contribution < -0.4 is 20.4 Å². The third-order valence-electron chi connectivity index (χ3n) is 4.89. The molecule has 1 fully saturated rings. The number of carbonyl (C=O) groups is 4. The summed E-state index contributed by atoms with van der Waals surface area (Å²) in [5.41, 5.74) is -0.619. The number of nitrogens with one attached hydrogen (secondary N) is 2. The number of nitrogens with zero attached hydrogens (tertiary/aromatic N) is 3. The van der Waals surface area contributed by atoms with Crippen molar-refractivity contribution >= 4 is 35.7 Å². The number of rotatable bonds is 4. The maximum Gasteiger partial charge on any atom is 0.421 e. The smallest absolute Gasteiger partial charge is 0.421 e. The van der Waals surface area contributed by atoms with Crippen molar-refractivity contribution < 1.29 is 38.9 Å². The monoisotopic (exact) mass is 467 g/mol. The molecule has 0 saturated carbocycles. The fraction of sp³-hybridized carbons (Fsp3) is 0.550. The number of hydrogen-bond acceptors (Lipinski definition) is 8. The average molecular weight is 467 g/mol. The summed E-state index contributed by atoms with van der Waals surface area (Å²) in [5.74, 6) is -0.262. The number of hydrogen-bond donors (Lipinski definition) is 4. The minimum absolute atomic E-state index is 0.113. The van der Waals surface area contributed by atoms with Crippen molar-refractivity contribution in [3.63, 3.8) is 0 Å². The van der Waals surface area contributed by atoms with Gasteiger partial charge < -0.3 is 35.2 Å². The van der Waals surface area contributed by atoms with E-state index in [0.29, 0.717) is 6.54 Å². The van der Waals surface area contributed by atoms with Gasteiger partial charge in [-0.2, -0.15) is 4.90 Å². The van der Waals surface area contributed by atoms with Gasteiger partial charge in [-0.15, -0.1) is 0 Å². The molecule has 0 bridgehead atoms. The molecule has 2 heterocycles. The molecule has 1 aliphatic heterocycles. The van der Waals surface area contributed by atoms with Crippen LogP contribution in [0.4, 0.5) is 30.6 Å². The second-order valence-electron chi connectivity index (χ2n) is 8.56. The standard InChI is InChI=1S/C20H29N5O8/c1-11-9-24(13-6-7-21-8-14(13)25(18(28)29)19(30)31)10-12(15(11)23-16(26)32-5)22-17(27)33-20(2,3)4/h6-8,11-12,15H,9-10H2,1-5H3,(H,22,27)(H,23,26)(H,28,29)(H,30,31)/t11-,12+,15-/m0/s1. The Kier molecular flexibility index (Phi) is 7.90. The maximum absolute atomic E-state index is 12.5. The van der Waals surface area contributed by atoms with Crippen molar-refractivity contribution in [3.8, 4) is 0 Å². The molecule has 0 radical (unpaired) electrons. The van der Waals surface area contributed by atoms with Gasteiger partial charge in [-0.25, -0.2) is 19.2 Å². The molecule has 1 aromatic rings. The zero-order chi connectivity index (χ0) is 24.9. The third kappa shape index (κ3) is 6.60. The normalized spacial score (nSPS) is 20.4. The second-order valence-corrected chi connectivity index (χ2v) is 8.56. The fourth-order valence-electron chi connectivity index (χ4n) is 3.62. The molecule has 1 aromatic heterocycles. The van der Waals surface area contributed by atoms with Gasteiger partial charge >= 0.3 is 24.4 Å².